The normalized spacial score (nSPS) is 14.9. The molecule has 47 heavy (non-hydrogen) atoms. The van der Waals surface area contributed by atoms with E-state index in [4.69, 9.17) is 11.6 Å². The summed E-state index contributed by atoms with van der Waals surface area (Å²) in [5.74, 6) is 0. The van der Waals surface area contributed by atoms with Gasteiger partial charge < -0.3 is 5.11 Å². The quantitative estimate of drug-likeness (QED) is 0.200. The first kappa shape index (κ1) is 27.2. The standard InChI is InChI=1S/C44H27ClOS/c45-27-24-25-36(33(26-27)32-16-11-15-31-30-14-3-10-23-41(30)47-42(31)32)44(46)39-21-8-6-19-37(39)43(38-20-7-9-22-40(38)44)34-17-4-1-12-28(34)29-13-2-5-18-35(29)43/h1-26,46H. The summed E-state index contributed by atoms with van der Waals surface area (Å²) in [4.78, 5) is 0. The maximum Gasteiger partial charge on any atom is 0.141 e. The molecule has 1 heterocycles. The fourth-order valence-corrected chi connectivity index (χ4v) is 10.1. The van der Waals surface area contributed by atoms with Gasteiger partial charge in [-0.15, -0.1) is 11.3 Å². The van der Waals surface area contributed by atoms with E-state index >= 15 is 0 Å². The van der Waals surface area contributed by atoms with E-state index in [0.717, 1.165) is 38.9 Å². The first-order valence-corrected chi connectivity index (χ1v) is 17.1. The average Bonchev–Trinajstić information content (AvgIpc) is 3.65. The van der Waals surface area contributed by atoms with Crippen LogP contribution < -0.4 is 0 Å². The number of hydrogen-bond acceptors (Lipinski definition) is 2. The van der Waals surface area contributed by atoms with Crippen LogP contribution in [0.2, 0.25) is 5.02 Å². The van der Waals surface area contributed by atoms with Crippen molar-refractivity contribution in [3.8, 4) is 22.3 Å². The summed E-state index contributed by atoms with van der Waals surface area (Å²) in [6.45, 7) is 0. The largest absolute Gasteiger partial charge is 0.376 e. The minimum atomic E-state index is -1.45. The molecule has 0 amide bonds. The van der Waals surface area contributed by atoms with Crippen molar-refractivity contribution in [1.82, 2.24) is 0 Å². The number of benzene rings is 7. The Morgan fingerprint density at radius 2 is 0.936 bits per heavy atom. The van der Waals surface area contributed by atoms with Crippen LogP contribution in [0.4, 0.5) is 0 Å². The lowest BCUT2D eigenvalue weighted by molar-refractivity contribution is 0.119. The van der Waals surface area contributed by atoms with Gasteiger partial charge in [0.2, 0.25) is 0 Å². The zero-order valence-corrected chi connectivity index (χ0v) is 26.8. The van der Waals surface area contributed by atoms with E-state index < -0.39 is 11.0 Å². The molecule has 0 aliphatic heterocycles. The number of fused-ring (bicyclic) bond motifs is 12. The molecule has 2 aliphatic carbocycles. The van der Waals surface area contributed by atoms with Gasteiger partial charge in [-0.25, -0.2) is 0 Å². The van der Waals surface area contributed by atoms with E-state index in [0.29, 0.717) is 5.02 Å². The van der Waals surface area contributed by atoms with Crippen LogP contribution in [0.15, 0.2) is 158 Å². The first-order valence-electron chi connectivity index (χ1n) is 15.9. The predicted molar refractivity (Wildman–Crippen MR) is 196 cm³/mol. The molecule has 1 spiro atoms. The smallest absolute Gasteiger partial charge is 0.141 e. The third kappa shape index (κ3) is 3.42. The molecule has 0 saturated carbocycles. The van der Waals surface area contributed by atoms with Crippen molar-refractivity contribution in [2.24, 2.45) is 0 Å². The summed E-state index contributed by atoms with van der Waals surface area (Å²) in [5, 5.41) is 16.8. The Morgan fingerprint density at radius 3 is 1.60 bits per heavy atom. The predicted octanol–water partition coefficient (Wildman–Crippen LogP) is 11.3. The summed E-state index contributed by atoms with van der Waals surface area (Å²) in [7, 11) is 0. The van der Waals surface area contributed by atoms with Gasteiger partial charge in [-0.2, -0.15) is 0 Å². The molecule has 0 atom stereocenters. The molecule has 0 radical (unpaired) electrons. The van der Waals surface area contributed by atoms with Crippen LogP contribution in [0, 0.1) is 0 Å². The number of thiophene rings is 1. The second kappa shape index (κ2) is 9.76. The second-order valence-electron chi connectivity index (χ2n) is 12.6. The summed E-state index contributed by atoms with van der Waals surface area (Å²) in [6, 6.07) is 55.6. The van der Waals surface area contributed by atoms with E-state index in [-0.39, 0.29) is 0 Å². The molecule has 1 nitrogen and oxygen atoms in total. The number of rotatable bonds is 2. The molecule has 1 N–H and O–H groups in total. The fraction of sp³-hybridized carbons (Fsp3) is 0.0455. The van der Waals surface area contributed by atoms with Gasteiger partial charge in [0, 0.05) is 30.8 Å². The average molecular weight is 639 g/mol. The zero-order valence-electron chi connectivity index (χ0n) is 25.2. The molecule has 2 aliphatic rings. The van der Waals surface area contributed by atoms with Crippen LogP contribution in [-0.4, -0.2) is 5.11 Å². The lowest BCUT2D eigenvalue weighted by atomic mass is 9.56. The molecule has 0 fully saturated rings. The van der Waals surface area contributed by atoms with Gasteiger partial charge in [-0.3, -0.25) is 0 Å². The Labute approximate surface area is 282 Å². The zero-order chi connectivity index (χ0) is 31.3. The van der Waals surface area contributed by atoms with Crippen molar-refractivity contribution in [1.29, 1.82) is 0 Å². The lowest BCUT2D eigenvalue weighted by Gasteiger charge is -2.47. The van der Waals surface area contributed by atoms with E-state index in [1.54, 1.807) is 11.3 Å². The third-order valence-electron chi connectivity index (χ3n) is 10.5. The molecule has 222 valence electrons. The number of aliphatic hydroxyl groups is 1. The van der Waals surface area contributed by atoms with Gasteiger partial charge >= 0.3 is 0 Å². The highest BCUT2D eigenvalue weighted by molar-refractivity contribution is 7.26. The van der Waals surface area contributed by atoms with Crippen molar-refractivity contribution < 1.29 is 5.11 Å². The minimum absolute atomic E-state index is 0.579. The Kier molecular flexibility index (Phi) is 5.64. The van der Waals surface area contributed by atoms with Crippen molar-refractivity contribution in [2.75, 3.05) is 0 Å². The monoisotopic (exact) mass is 638 g/mol. The van der Waals surface area contributed by atoms with Gasteiger partial charge in [-0.1, -0.05) is 151 Å². The minimum Gasteiger partial charge on any atom is -0.376 e. The SMILES string of the molecule is OC1(c2ccc(Cl)cc2-c2cccc3c2sc2ccccc23)c2ccccc2C2(c3ccccc3-c3ccccc32)c2ccccc21. The van der Waals surface area contributed by atoms with Crippen molar-refractivity contribution >= 4 is 43.1 Å². The summed E-state index contributed by atoms with van der Waals surface area (Å²) < 4.78 is 2.43. The third-order valence-corrected chi connectivity index (χ3v) is 11.9. The summed E-state index contributed by atoms with van der Waals surface area (Å²) >= 11 is 8.60. The lowest BCUT2D eigenvalue weighted by Crippen LogP contribution is -2.44. The van der Waals surface area contributed by atoms with Crippen LogP contribution in [0.1, 0.15) is 38.9 Å². The van der Waals surface area contributed by atoms with Gasteiger partial charge in [0.15, 0.2) is 0 Å². The fourth-order valence-electron chi connectivity index (χ4n) is 8.66. The highest BCUT2D eigenvalue weighted by atomic mass is 35.5. The van der Waals surface area contributed by atoms with Gasteiger partial charge in [0.25, 0.3) is 0 Å². The Balaban J connectivity index is 1.33. The molecule has 1 aromatic heterocycles. The second-order valence-corrected chi connectivity index (χ2v) is 14.1. The number of halogens is 1. The highest BCUT2D eigenvalue weighted by Crippen LogP contribution is 2.63. The van der Waals surface area contributed by atoms with Gasteiger partial charge in [0.05, 0.1) is 5.41 Å². The molecule has 0 bridgehead atoms. The van der Waals surface area contributed by atoms with Crippen LogP contribution in [-0.2, 0) is 11.0 Å². The Morgan fingerprint density at radius 1 is 0.426 bits per heavy atom. The molecule has 10 rings (SSSR count). The van der Waals surface area contributed by atoms with E-state index in [1.807, 2.05) is 18.2 Å². The molecular weight excluding hydrogens is 612 g/mol. The van der Waals surface area contributed by atoms with Crippen LogP contribution in [0.25, 0.3) is 42.4 Å². The van der Waals surface area contributed by atoms with E-state index in [2.05, 4.69) is 140 Å². The van der Waals surface area contributed by atoms with Crippen molar-refractivity contribution in [3.05, 3.63) is 202 Å². The Bertz CT molecular complexity index is 2480. The molecule has 0 unspecified atom stereocenters. The Hall–Kier alpha value is -4.99. The van der Waals surface area contributed by atoms with E-state index in [1.165, 1.54) is 42.4 Å². The van der Waals surface area contributed by atoms with Crippen molar-refractivity contribution in [3.63, 3.8) is 0 Å². The van der Waals surface area contributed by atoms with Crippen LogP contribution in [0.3, 0.4) is 0 Å². The maximum absolute atomic E-state index is 13.7. The summed E-state index contributed by atoms with van der Waals surface area (Å²) in [5.41, 5.74) is 9.72. The topological polar surface area (TPSA) is 20.2 Å². The molecule has 7 aromatic carbocycles. The molecule has 3 heteroatoms. The van der Waals surface area contributed by atoms with Crippen LogP contribution >= 0.6 is 22.9 Å². The number of hydrogen-bond donors (Lipinski definition) is 1. The molecule has 8 aromatic rings. The van der Waals surface area contributed by atoms with Gasteiger partial charge in [0.1, 0.15) is 5.60 Å². The van der Waals surface area contributed by atoms with E-state index in [9.17, 15) is 5.11 Å². The highest BCUT2D eigenvalue weighted by Gasteiger charge is 2.56. The maximum atomic E-state index is 13.7. The van der Waals surface area contributed by atoms with Crippen LogP contribution in [0.5, 0.6) is 0 Å². The summed E-state index contributed by atoms with van der Waals surface area (Å²) in [6.07, 6.45) is 0. The van der Waals surface area contributed by atoms with Gasteiger partial charge in [-0.05, 0) is 73.8 Å². The first-order chi connectivity index (χ1) is 23.1. The van der Waals surface area contributed by atoms with Crippen molar-refractivity contribution in [2.45, 2.75) is 11.0 Å². The molecular formula is C44H27ClOS. The molecule has 0 saturated heterocycles.